The Morgan fingerprint density at radius 2 is 1.75 bits per heavy atom. The average Bonchev–Trinajstić information content (AvgIpc) is 2.77. The van der Waals surface area contributed by atoms with E-state index in [1.807, 2.05) is 0 Å². The minimum Gasteiger partial charge on any atom is -0.266 e. The van der Waals surface area contributed by atoms with Gasteiger partial charge < -0.3 is 0 Å². The van der Waals surface area contributed by atoms with Crippen molar-refractivity contribution in [1.29, 1.82) is 0 Å². The lowest BCUT2D eigenvalue weighted by atomic mass is 9.64. The third-order valence-electron chi connectivity index (χ3n) is 6.79. The molecule has 0 N–H and O–H groups in total. The van der Waals surface area contributed by atoms with Crippen molar-refractivity contribution < 1.29 is 12.6 Å². The molecule has 0 bridgehead atoms. The molecule has 0 radical (unpaired) electrons. The normalized spacial score (nSPS) is 50.1. The zero-order valence-corrected chi connectivity index (χ0v) is 14.2. The molecule has 0 saturated heterocycles. The van der Waals surface area contributed by atoms with Crippen molar-refractivity contribution in [3.8, 4) is 0 Å². The molecule has 3 aliphatic carbocycles. The largest absolute Gasteiger partial charge is 0.266 e. The van der Waals surface area contributed by atoms with Crippen LogP contribution in [-0.4, -0.2) is 20.8 Å². The molecule has 20 heavy (non-hydrogen) atoms. The van der Waals surface area contributed by atoms with Crippen LogP contribution in [0.2, 0.25) is 0 Å². The van der Waals surface area contributed by atoms with Crippen molar-refractivity contribution in [3.05, 3.63) is 0 Å². The fourth-order valence-electron chi connectivity index (χ4n) is 6.44. The second-order valence-corrected chi connectivity index (χ2v) is 10.2. The van der Waals surface area contributed by atoms with Crippen LogP contribution in [0, 0.1) is 28.1 Å². The van der Waals surface area contributed by atoms with Crippen LogP contribution in [0.1, 0.15) is 59.8 Å². The van der Waals surface area contributed by atoms with Gasteiger partial charge in [0.05, 0.1) is 12.4 Å². The Morgan fingerprint density at radius 3 is 2.35 bits per heavy atom. The number of hydrogen-bond donors (Lipinski definition) is 0. The third kappa shape index (κ3) is 1.76. The van der Waals surface area contributed by atoms with E-state index in [-0.39, 0.29) is 22.3 Å². The lowest BCUT2D eigenvalue weighted by Crippen LogP contribution is -2.46. The van der Waals surface area contributed by atoms with Gasteiger partial charge in [-0.25, -0.2) is 0 Å². The van der Waals surface area contributed by atoms with Gasteiger partial charge in [-0.15, -0.1) is 0 Å². The summed E-state index contributed by atoms with van der Waals surface area (Å²) >= 11 is 0. The van der Waals surface area contributed by atoms with Crippen LogP contribution < -0.4 is 0 Å². The van der Waals surface area contributed by atoms with E-state index in [0.717, 1.165) is 12.8 Å². The SMILES string of the molecule is C[C@H]1CC[C@@]23C1CC[C@]2(C)CC(C)(C)[C@@H]3OS(C)(=O)=O. The van der Waals surface area contributed by atoms with Gasteiger partial charge in [-0.1, -0.05) is 27.7 Å². The molecular formula is C16H28O3S. The molecule has 3 aliphatic rings. The molecule has 5 atom stereocenters. The molecule has 116 valence electrons. The van der Waals surface area contributed by atoms with Gasteiger partial charge in [-0.05, 0) is 54.8 Å². The number of hydrogen-bond acceptors (Lipinski definition) is 3. The molecule has 0 heterocycles. The first-order chi connectivity index (χ1) is 9.02. The standard InChI is InChI=1S/C16H28O3S/c1-11-6-9-16-12(11)7-8-15(16,4)10-14(2,3)13(16)19-20(5,17)18/h11-13H,6-10H2,1-5H3/t11-,12?,13-,15+,16-/m0/s1. The van der Waals surface area contributed by atoms with Crippen molar-refractivity contribution in [1.82, 2.24) is 0 Å². The molecule has 0 aromatic heterocycles. The second-order valence-electron chi connectivity index (χ2n) is 8.61. The molecule has 3 fully saturated rings. The zero-order valence-electron chi connectivity index (χ0n) is 13.4. The Kier molecular flexibility index (Phi) is 2.97. The smallest absolute Gasteiger partial charge is 0.264 e. The minimum atomic E-state index is -3.41. The molecule has 4 heteroatoms. The summed E-state index contributed by atoms with van der Waals surface area (Å²) in [7, 11) is -3.41. The molecule has 0 amide bonds. The Balaban J connectivity index is 2.10. The average molecular weight is 300 g/mol. The van der Waals surface area contributed by atoms with E-state index in [0.29, 0.717) is 11.8 Å². The Bertz CT molecular complexity index is 524. The van der Waals surface area contributed by atoms with E-state index >= 15 is 0 Å². The van der Waals surface area contributed by atoms with E-state index in [1.54, 1.807) is 0 Å². The van der Waals surface area contributed by atoms with E-state index in [4.69, 9.17) is 4.18 Å². The molecule has 0 aliphatic heterocycles. The fourth-order valence-corrected chi connectivity index (χ4v) is 7.22. The maximum atomic E-state index is 11.8. The Hall–Kier alpha value is -0.0900. The van der Waals surface area contributed by atoms with Crippen LogP contribution in [0.15, 0.2) is 0 Å². The van der Waals surface area contributed by atoms with Crippen molar-refractivity contribution in [3.63, 3.8) is 0 Å². The molecular weight excluding hydrogens is 272 g/mol. The van der Waals surface area contributed by atoms with Crippen LogP contribution >= 0.6 is 0 Å². The topological polar surface area (TPSA) is 43.4 Å². The van der Waals surface area contributed by atoms with Crippen LogP contribution in [0.4, 0.5) is 0 Å². The highest BCUT2D eigenvalue weighted by atomic mass is 32.2. The summed E-state index contributed by atoms with van der Waals surface area (Å²) in [6.07, 6.45) is 6.99. The summed E-state index contributed by atoms with van der Waals surface area (Å²) in [6.45, 7) is 9.12. The highest BCUT2D eigenvalue weighted by Gasteiger charge is 2.73. The van der Waals surface area contributed by atoms with Gasteiger partial charge in [-0.3, -0.25) is 4.18 Å². The molecule has 3 saturated carbocycles. The van der Waals surface area contributed by atoms with E-state index < -0.39 is 10.1 Å². The molecule has 1 unspecified atom stereocenters. The van der Waals surface area contributed by atoms with E-state index in [1.165, 1.54) is 25.5 Å². The van der Waals surface area contributed by atoms with Gasteiger partial charge in [-0.2, -0.15) is 8.42 Å². The first-order valence-corrected chi connectivity index (χ1v) is 9.72. The lowest BCUT2D eigenvalue weighted by molar-refractivity contribution is -0.0279. The van der Waals surface area contributed by atoms with Gasteiger partial charge in [0.25, 0.3) is 10.1 Å². The summed E-state index contributed by atoms with van der Waals surface area (Å²) in [5.41, 5.74) is 0.279. The van der Waals surface area contributed by atoms with Gasteiger partial charge >= 0.3 is 0 Å². The zero-order chi connectivity index (χ0) is 15.0. The number of rotatable bonds is 2. The van der Waals surface area contributed by atoms with Crippen LogP contribution in [0.5, 0.6) is 0 Å². The predicted octanol–water partition coefficient (Wildman–Crippen LogP) is 3.59. The predicted molar refractivity (Wildman–Crippen MR) is 79.8 cm³/mol. The first-order valence-electron chi connectivity index (χ1n) is 7.90. The van der Waals surface area contributed by atoms with Crippen LogP contribution in [0.25, 0.3) is 0 Å². The van der Waals surface area contributed by atoms with E-state index in [2.05, 4.69) is 27.7 Å². The van der Waals surface area contributed by atoms with Gasteiger partial charge in [0.1, 0.15) is 0 Å². The summed E-state index contributed by atoms with van der Waals surface area (Å²) in [4.78, 5) is 0. The van der Waals surface area contributed by atoms with Crippen molar-refractivity contribution >= 4 is 10.1 Å². The molecule has 0 aromatic carbocycles. The highest BCUT2D eigenvalue weighted by Crippen LogP contribution is 2.76. The Morgan fingerprint density at radius 1 is 1.10 bits per heavy atom. The van der Waals surface area contributed by atoms with Crippen molar-refractivity contribution in [2.75, 3.05) is 6.26 Å². The van der Waals surface area contributed by atoms with Gasteiger partial charge in [0, 0.05) is 5.41 Å². The van der Waals surface area contributed by atoms with Crippen molar-refractivity contribution in [2.45, 2.75) is 65.9 Å². The highest BCUT2D eigenvalue weighted by molar-refractivity contribution is 7.86. The van der Waals surface area contributed by atoms with Crippen LogP contribution in [-0.2, 0) is 14.3 Å². The third-order valence-corrected chi connectivity index (χ3v) is 7.33. The van der Waals surface area contributed by atoms with E-state index in [9.17, 15) is 8.42 Å². The first kappa shape index (κ1) is 14.8. The molecule has 1 spiro atoms. The molecule has 0 aromatic rings. The van der Waals surface area contributed by atoms with Gasteiger partial charge in [0.2, 0.25) is 0 Å². The maximum Gasteiger partial charge on any atom is 0.264 e. The lowest BCUT2D eigenvalue weighted by Gasteiger charge is -2.43. The summed E-state index contributed by atoms with van der Waals surface area (Å²) < 4.78 is 29.3. The summed E-state index contributed by atoms with van der Waals surface area (Å²) in [5, 5.41) is 0. The maximum absolute atomic E-state index is 11.8. The summed E-state index contributed by atoms with van der Waals surface area (Å²) in [6, 6.07) is 0. The second kappa shape index (κ2) is 4.01. The van der Waals surface area contributed by atoms with Crippen molar-refractivity contribution in [2.24, 2.45) is 28.1 Å². The molecule has 3 nitrogen and oxygen atoms in total. The quantitative estimate of drug-likeness (QED) is 0.732. The van der Waals surface area contributed by atoms with Crippen LogP contribution in [0.3, 0.4) is 0 Å². The minimum absolute atomic E-state index is 0.0550. The monoisotopic (exact) mass is 300 g/mol. The Labute approximate surface area is 123 Å². The fraction of sp³-hybridized carbons (Fsp3) is 1.00. The van der Waals surface area contributed by atoms with Gasteiger partial charge in [0.15, 0.2) is 0 Å². The molecule has 3 rings (SSSR count). The summed E-state index contributed by atoms with van der Waals surface area (Å²) in [5.74, 6) is 1.34.